The Morgan fingerprint density at radius 3 is 2.42 bits per heavy atom. The number of carbonyl (C=O) groups excluding carboxylic acids is 3. The van der Waals surface area contributed by atoms with Crippen LogP contribution in [0, 0.1) is 13.8 Å². The standard InChI is InChI=1S/C22H22N4O4S/c1-13-9-14(2)26(25-13)21-8-6-17(11-23-21)22(29)30-12-19(28)16-5-7-20(31-4)18(10-16)24-15(3)27/h5-11H,12H2,1-4H3,(H,24,27). The number of pyridine rings is 1. The molecule has 9 heteroatoms. The average molecular weight is 439 g/mol. The summed E-state index contributed by atoms with van der Waals surface area (Å²) in [7, 11) is 0. The minimum atomic E-state index is -0.649. The fraction of sp³-hybridized carbons (Fsp3) is 0.227. The van der Waals surface area contributed by atoms with Crippen molar-refractivity contribution in [3.05, 3.63) is 65.1 Å². The molecule has 2 aromatic heterocycles. The fourth-order valence-electron chi connectivity index (χ4n) is 2.96. The second-order valence-corrected chi connectivity index (χ2v) is 7.69. The molecule has 0 aliphatic carbocycles. The zero-order chi connectivity index (χ0) is 22.5. The van der Waals surface area contributed by atoms with Crippen molar-refractivity contribution in [2.45, 2.75) is 25.7 Å². The number of ketones is 1. The highest BCUT2D eigenvalue weighted by molar-refractivity contribution is 7.98. The number of aryl methyl sites for hydroxylation is 2. The normalized spacial score (nSPS) is 10.6. The first-order chi connectivity index (χ1) is 14.8. The number of ether oxygens (including phenoxy) is 1. The van der Waals surface area contributed by atoms with Gasteiger partial charge in [-0.05, 0) is 50.4 Å². The lowest BCUT2D eigenvalue weighted by atomic mass is 10.1. The van der Waals surface area contributed by atoms with E-state index in [-0.39, 0.29) is 17.3 Å². The summed E-state index contributed by atoms with van der Waals surface area (Å²) in [6.07, 6.45) is 3.26. The number of nitrogens with one attached hydrogen (secondary N) is 1. The fourth-order valence-corrected chi connectivity index (χ4v) is 3.49. The first-order valence-electron chi connectivity index (χ1n) is 9.44. The van der Waals surface area contributed by atoms with Crippen molar-refractivity contribution in [3.8, 4) is 5.82 Å². The van der Waals surface area contributed by atoms with Crippen molar-refractivity contribution in [2.24, 2.45) is 0 Å². The Hall–Kier alpha value is -3.46. The van der Waals surface area contributed by atoms with Crippen LogP contribution in [0.15, 0.2) is 47.5 Å². The summed E-state index contributed by atoms with van der Waals surface area (Å²) in [5, 5.41) is 7.05. The number of carbonyl (C=O) groups is 3. The lowest BCUT2D eigenvalue weighted by Gasteiger charge is -2.10. The minimum absolute atomic E-state index is 0.231. The molecule has 3 rings (SSSR count). The van der Waals surface area contributed by atoms with Crippen LogP contribution in [-0.4, -0.2) is 45.3 Å². The molecule has 0 fully saturated rings. The maximum Gasteiger partial charge on any atom is 0.340 e. The van der Waals surface area contributed by atoms with Gasteiger partial charge in [-0.15, -0.1) is 11.8 Å². The van der Waals surface area contributed by atoms with Gasteiger partial charge >= 0.3 is 5.97 Å². The monoisotopic (exact) mass is 438 g/mol. The largest absolute Gasteiger partial charge is 0.454 e. The highest BCUT2D eigenvalue weighted by Crippen LogP contribution is 2.26. The van der Waals surface area contributed by atoms with Crippen LogP contribution >= 0.6 is 11.8 Å². The number of esters is 1. The maximum absolute atomic E-state index is 12.5. The van der Waals surface area contributed by atoms with Gasteiger partial charge in [-0.25, -0.2) is 14.5 Å². The molecule has 0 aliphatic heterocycles. The molecule has 0 saturated carbocycles. The number of amides is 1. The van der Waals surface area contributed by atoms with E-state index in [0.29, 0.717) is 17.1 Å². The van der Waals surface area contributed by atoms with Crippen molar-refractivity contribution in [2.75, 3.05) is 18.2 Å². The molecule has 1 N–H and O–H groups in total. The predicted molar refractivity (Wildman–Crippen MR) is 118 cm³/mol. The number of rotatable bonds is 7. The van der Waals surface area contributed by atoms with Crippen LogP contribution in [0.3, 0.4) is 0 Å². The number of hydrogen-bond acceptors (Lipinski definition) is 7. The van der Waals surface area contributed by atoms with Gasteiger partial charge in [-0.1, -0.05) is 6.07 Å². The van der Waals surface area contributed by atoms with E-state index in [0.717, 1.165) is 16.3 Å². The van der Waals surface area contributed by atoms with Gasteiger partial charge in [0.2, 0.25) is 5.91 Å². The summed E-state index contributed by atoms with van der Waals surface area (Å²) >= 11 is 1.45. The predicted octanol–water partition coefficient (Wildman–Crippen LogP) is 3.60. The molecule has 0 aliphatic rings. The molecule has 0 radical (unpaired) electrons. The molecule has 8 nitrogen and oxygen atoms in total. The number of hydrogen-bond donors (Lipinski definition) is 1. The van der Waals surface area contributed by atoms with E-state index in [4.69, 9.17) is 4.74 Å². The molecule has 1 aromatic carbocycles. The summed E-state index contributed by atoms with van der Waals surface area (Å²) in [5.74, 6) is -0.677. The third-order valence-electron chi connectivity index (χ3n) is 4.38. The molecule has 0 spiro atoms. The van der Waals surface area contributed by atoms with Gasteiger partial charge in [0, 0.05) is 29.3 Å². The van der Waals surface area contributed by atoms with Gasteiger partial charge in [0.15, 0.2) is 18.2 Å². The molecular formula is C22H22N4O4S. The Labute approximate surface area is 184 Å². The van der Waals surface area contributed by atoms with E-state index < -0.39 is 12.6 Å². The highest BCUT2D eigenvalue weighted by atomic mass is 32.2. The number of nitrogens with zero attached hydrogens (tertiary/aromatic N) is 3. The Morgan fingerprint density at radius 2 is 1.84 bits per heavy atom. The van der Waals surface area contributed by atoms with Crippen LogP contribution in [0.1, 0.15) is 39.0 Å². The average Bonchev–Trinajstić information content (AvgIpc) is 3.09. The SMILES string of the molecule is CSc1ccc(C(=O)COC(=O)c2ccc(-n3nc(C)cc3C)nc2)cc1NC(C)=O. The van der Waals surface area contributed by atoms with E-state index in [1.54, 1.807) is 35.0 Å². The Kier molecular flexibility index (Phi) is 6.86. The van der Waals surface area contributed by atoms with Crippen molar-refractivity contribution < 1.29 is 19.1 Å². The molecule has 160 valence electrons. The summed E-state index contributed by atoms with van der Waals surface area (Å²) < 4.78 is 6.83. The number of anilines is 1. The van der Waals surface area contributed by atoms with Gasteiger partial charge < -0.3 is 10.1 Å². The summed E-state index contributed by atoms with van der Waals surface area (Å²) in [4.78, 5) is 41.3. The van der Waals surface area contributed by atoms with Gasteiger partial charge in [0.25, 0.3) is 0 Å². The smallest absolute Gasteiger partial charge is 0.340 e. The van der Waals surface area contributed by atoms with Crippen molar-refractivity contribution in [3.63, 3.8) is 0 Å². The van der Waals surface area contributed by atoms with E-state index in [2.05, 4.69) is 15.4 Å². The van der Waals surface area contributed by atoms with E-state index >= 15 is 0 Å². The number of Topliss-reactive ketones (excluding diaryl/α,β-unsaturated/α-hetero) is 1. The van der Waals surface area contributed by atoms with Gasteiger partial charge in [-0.3, -0.25) is 9.59 Å². The van der Waals surface area contributed by atoms with Crippen molar-refractivity contribution in [1.82, 2.24) is 14.8 Å². The van der Waals surface area contributed by atoms with Crippen LogP contribution in [-0.2, 0) is 9.53 Å². The van der Waals surface area contributed by atoms with Crippen molar-refractivity contribution in [1.29, 1.82) is 0 Å². The first kappa shape index (κ1) is 22.2. The molecule has 3 aromatic rings. The van der Waals surface area contributed by atoms with Crippen LogP contribution < -0.4 is 5.32 Å². The molecule has 31 heavy (non-hydrogen) atoms. The van der Waals surface area contributed by atoms with Crippen LogP contribution in [0.4, 0.5) is 5.69 Å². The molecular weight excluding hydrogens is 416 g/mol. The highest BCUT2D eigenvalue weighted by Gasteiger charge is 2.15. The lowest BCUT2D eigenvalue weighted by molar-refractivity contribution is -0.114. The summed E-state index contributed by atoms with van der Waals surface area (Å²) in [6.45, 7) is 4.78. The van der Waals surface area contributed by atoms with Crippen molar-refractivity contribution >= 4 is 35.1 Å². The number of benzene rings is 1. The van der Waals surface area contributed by atoms with E-state index in [1.165, 1.54) is 24.9 Å². The third kappa shape index (κ3) is 5.37. The van der Waals surface area contributed by atoms with Gasteiger partial charge in [0.1, 0.15) is 0 Å². The van der Waals surface area contributed by atoms with E-state index in [9.17, 15) is 14.4 Å². The molecule has 2 heterocycles. The quantitative estimate of drug-likeness (QED) is 0.341. The molecule has 0 atom stereocenters. The zero-order valence-electron chi connectivity index (χ0n) is 17.6. The van der Waals surface area contributed by atoms with Gasteiger partial charge in [-0.2, -0.15) is 5.10 Å². The number of thioether (sulfide) groups is 1. The molecule has 0 bridgehead atoms. The second kappa shape index (κ2) is 9.57. The summed E-state index contributed by atoms with van der Waals surface area (Å²) in [6, 6.07) is 10.1. The Morgan fingerprint density at radius 1 is 1.10 bits per heavy atom. The zero-order valence-corrected chi connectivity index (χ0v) is 18.4. The van der Waals surface area contributed by atoms with E-state index in [1.807, 2.05) is 26.2 Å². The second-order valence-electron chi connectivity index (χ2n) is 6.84. The third-order valence-corrected chi connectivity index (χ3v) is 5.17. The maximum atomic E-state index is 12.5. The number of aromatic nitrogens is 3. The Balaban J connectivity index is 1.66. The van der Waals surface area contributed by atoms with Crippen LogP contribution in [0.2, 0.25) is 0 Å². The topological polar surface area (TPSA) is 103 Å². The lowest BCUT2D eigenvalue weighted by Crippen LogP contribution is -2.15. The van der Waals surface area contributed by atoms with Crippen LogP contribution in [0.25, 0.3) is 5.82 Å². The Bertz CT molecular complexity index is 1140. The first-order valence-corrected chi connectivity index (χ1v) is 10.7. The minimum Gasteiger partial charge on any atom is -0.454 e. The molecule has 0 saturated heterocycles. The van der Waals surface area contributed by atoms with Gasteiger partial charge in [0.05, 0.1) is 16.9 Å². The van der Waals surface area contributed by atoms with Crippen LogP contribution in [0.5, 0.6) is 0 Å². The molecule has 0 unspecified atom stereocenters. The summed E-state index contributed by atoms with van der Waals surface area (Å²) in [5.41, 5.74) is 2.91. The molecule has 1 amide bonds.